The molecule has 0 saturated carbocycles. The monoisotopic (exact) mass is 349 g/mol. The zero-order chi connectivity index (χ0) is 15.2. The molecule has 1 unspecified atom stereocenters. The Morgan fingerprint density at radius 3 is 2.81 bits per heavy atom. The van der Waals surface area contributed by atoms with Crippen molar-refractivity contribution in [2.75, 3.05) is 6.54 Å². The van der Waals surface area contributed by atoms with Crippen molar-refractivity contribution in [1.82, 2.24) is 14.9 Å². The first-order valence-electron chi connectivity index (χ1n) is 7.57. The van der Waals surface area contributed by atoms with Crippen LogP contribution in [0, 0.1) is 6.92 Å². The number of hydrogen-bond acceptors (Lipinski definition) is 2. The average molecular weight is 350 g/mol. The minimum atomic E-state index is 0.383. The van der Waals surface area contributed by atoms with E-state index in [0.29, 0.717) is 6.04 Å². The van der Waals surface area contributed by atoms with E-state index in [1.54, 1.807) is 0 Å². The van der Waals surface area contributed by atoms with Crippen LogP contribution in [0.5, 0.6) is 0 Å². The van der Waals surface area contributed by atoms with Crippen molar-refractivity contribution in [3.05, 3.63) is 52.0 Å². The number of rotatable bonds is 7. The molecule has 2 aromatic rings. The van der Waals surface area contributed by atoms with E-state index in [0.717, 1.165) is 31.6 Å². The normalized spacial score (nSPS) is 12.6. The van der Waals surface area contributed by atoms with Crippen molar-refractivity contribution in [1.29, 1.82) is 0 Å². The molecule has 0 saturated heterocycles. The number of nitrogens with zero attached hydrogens (tertiary/aromatic N) is 2. The molecule has 2 rings (SSSR count). The molecule has 1 aromatic heterocycles. The molecule has 114 valence electrons. The second kappa shape index (κ2) is 7.76. The highest BCUT2D eigenvalue weighted by Crippen LogP contribution is 2.24. The number of benzene rings is 1. The molecule has 0 spiro atoms. The zero-order valence-corrected chi connectivity index (χ0v) is 14.7. The summed E-state index contributed by atoms with van der Waals surface area (Å²) in [6, 6.07) is 7.01. The van der Waals surface area contributed by atoms with E-state index in [-0.39, 0.29) is 0 Å². The Bertz CT molecular complexity index is 577. The Balaban J connectivity index is 2.09. The Hall–Kier alpha value is -1.13. The molecule has 4 heteroatoms. The minimum Gasteiger partial charge on any atom is -0.338 e. The van der Waals surface area contributed by atoms with Gasteiger partial charge in [0, 0.05) is 36.4 Å². The predicted molar refractivity (Wildman–Crippen MR) is 91.4 cm³/mol. The molecule has 3 nitrogen and oxygen atoms in total. The van der Waals surface area contributed by atoms with Gasteiger partial charge >= 0.3 is 0 Å². The third-order valence-corrected chi connectivity index (χ3v) is 4.69. The molecular formula is C17H24BrN3. The van der Waals surface area contributed by atoms with Crippen molar-refractivity contribution >= 4 is 15.9 Å². The van der Waals surface area contributed by atoms with E-state index < -0.39 is 0 Å². The van der Waals surface area contributed by atoms with Crippen LogP contribution in [0.4, 0.5) is 0 Å². The number of aromatic nitrogens is 2. The lowest BCUT2D eigenvalue weighted by molar-refractivity contribution is 0.491. The molecule has 0 bridgehead atoms. The summed E-state index contributed by atoms with van der Waals surface area (Å²) in [7, 11) is 2.06. The molecule has 0 radical (unpaired) electrons. The van der Waals surface area contributed by atoms with Gasteiger partial charge in [-0.25, -0.2) is 4.98 Å². The molecule has 0 fully saturated rings. The maximum atomic E-state index is 4.42. The third kappa shape index (κ3) is 4.42. The lowest BCUT2D eigenvalue weighted by Gasteiger charge is -2.20. The SMILES string of the molecule is CCCNC(CCc1nccn1C)c1ccc(Br)c(C)c1. The topological polar surface area (TPSA) is 29.9 Å². The lowest BCUT2D eigenvalue weighted by atomic mass is 10.00. The van der Waals surface area contributed by atoms with Crippen LogP contribution in [0.15, 0.2) is 35.1 Å². The van der Waals surface area contributed by atoms with Gasteiger partial charge in [-0.05, 0) is 43.5 Å². The highest BCUT2D eigenvalue weighted by molar-refractivity contribution is 9.10. The summed E-state index contributed by atoms with van der Waals surface area (Å²) in [6.07, 6.45) is 7.07. The second-order valence-electron chi connectivity index (χ2n) is 5.51. The Labute approximate surface area is 135 Å². The molecule has 1 atom stereocenters. The van der Waals surface area contributed by atoms with Gasteiger partial charge in [0.25, 0.3) is 0 Å². The minimum absolute atomic E-state index is 0.383. The van der Waals surface area contributed by atoms with Crippen molar-refractivity contribution in [3.8, 4) is 0 Å². The molecule has 0 aliphatic heterocycles. The van der Waals surface area contributed by atoms with Crippen LogP contribution in [0.3, 0.4) is 0 Å². The maximum Gasteiger partial charge on any atom is 0.108 e. The fourth-order valence-electron chi connectivity index (χ4n) is 2.50. The summed E-state index contributed by atoms with van der Waals surface area (Å²) in [5, 5.41) is 3.66. The first-order valence-corrected chi connectivity index (χ1v) is 8.36. The zero-order valence-electron chi connectivity index (χ0n) is 13.1. The molecule has 0 amide bonds. The van der Waals surface area contributed by atoms with E-state index in [1.807, 2.05) is 12.4 Å². The number of imidazole rings is 1. The van der Waals surface area contributed by atoms with Gasteiger partial charge in [0.05, 0.1) is 0 Å². The lowest BCUT2D eigenvalue weighted by Crippen LogP contribution is -2.23. The van der Waals surface area contributed by atoms with Crippen LogP contribution >= 0.6 is 15.9 Å². The highest BCUT2D eigenvalue weighted by Gasteiger charge is 2.13. The van der Waals surface area contributed by atoms with E-state index in [1.165, 1.54) is 15.6 Å². The molecule has 1 N–H and O–H groups in total. The summed E-state index contributed by atoms with van der Waals surface area (Å²) >= 11 is 3.58. The standard InChI is InChI=1S/C17H24BrN3/c1-4-9-19-16(7-8-17-20-10-11-21(17)3)14-5-6-15(18)13(2)12-14/h5-6,10-12,16,19H,4,7-9H2,1-3H3. The van der Waals surface area contributed by atoms with E-state index in [4.69, 9.17) is 0 Å². The van der Waals surface area contributed by atoms with Gasteiger partial charge in [0.1, 0.15) is 5.82 Å². The van der Waals surface area contributed by atoms with E-state index in [9.17, 15) is 0 Å². The van der Waals surface area contributed by atoms with Crippen molar-refractivity contribution in [2.45, 2.75) is 39.2 Å². The summed E-state index contributed by atoms with van der Waals surface area (Å²) in [4.78, 5) is 4.42. The number of hydrogen-bond donors (Lipinski definition) is 1. The molecule has 1 heterocycles. The van der Waals surface area contributed by atoms with Gasteiger partial charge in [0.2, 0.25) is 0 Å². The molecule has 0 aliphatic carbocycles. The predicted octanol–water partition coefficient (Wildman–Crippen LogP) is 4.16. The van der Waals surface area contributed by atoms with Gasteiger partial charge in [0.15, 0.2) is 0 Å². The van der Waals surface area contributed by atoms with Gasteiger partial charge in [-0.15, -0.1) is 0 Å². The van der Waals surface area contributed by atoms with Gasteiger partial charge in [-0.3, -0.25) is 0 Å². The number of aryl methyl sites for hydroxylation is 3. The van der Waals surface area contributed by atoms with Crippen LogP contribution in [0.1, 0.15) is 42.8 Å². The van der Waals surface area contributed by atoms with E-state index >= 15 is 0 Å². The van der Waals surface area contributed by atoms with Crippen molar-refractivity contribution in [2.24, 2.45) is 7.05 Å². The average Bonchev–Trinajstić information content (AvgIpc) is 2.88. The van der Waals surface area contributed by atoms with Crippen LogP contribution in [-0.2, 0) is 13.5 Å². The number of nitrogens with one attached hydrogen (secondary N) is 1. The first kappa shape index (κ1) is 16.2. The van der Waals surface area contributed by atoms with Crippen LogP contribution in [-0.4, -0.2) is 16.1 Å². The van der Waals surface area contributed by atoms with Crippen LogP contribution < -0.4 is 5.32 Å². The molecule has 21 heavy (non-hydrogen) atoms. The molecular weight excluding hydrogens is 326 g/mol. The maximum absolute atomic E-state index is 4.42. The van der Waals surface area contributed by atoms with Gasteiger partial charge < -0.3 is 9.88 Å². The summed E-state index contributed by atoms with van der Waals surface area (Å²) in [6.45, 7) is 5.39. The molecule has 0 aliphatic rings. The van der Waals surface area contributed by atoms with Gasteiger partial charge in [-0.2, -0.15) is 0 Å². The van der Waals surface area contributed by atoms with Crippen LogP contribution in [0.2, 0.25) is 0 Å². The smallest absolute Gasteiger partial charge is 0.108 e. The Morgan fingerprint density at radius 2 is 2.19 bits per heavy atom. The fourth-order valence-corrected chi connectivity index (χ4v) is 2.75. The second-order valence-corrected chi connectivity index (χ2v) is 6.36. The Kier molecular flexibility index (Phi) is 6.00. The van der Waals surface area contributed by atoms with Crippen molar-refractivity contribution in [3.63, 3.8) is 0 Å². The summed E-state index contributed by atoms with van der Waals surface area (Å²) < 4.78 is 3.27. The first-order chi connectivity index (χ1) is 10.1. The van der Waals surface area contributed by atoms with Crippen molar-refractivity contribution < 1.29 is 0 Å². The summed E-state index contributed by atoms with van der Waals surface area (Å²) in [5.74, 6) is 1.15. The highest BCUT2D eigenvalue weighted by atomic mass is 79.9. The quantitative estimate of drug-likeness (QED) is 0.812. The van der Waals surface area contributed by atoms with Crippen LogP contribution in [0.25, 0.3) is 0 Å². The summed E-state index contributed by atoms with van der Waals surface area (Å²) in [5.41, 5.74) is 2.64. The van der Waals surface area contributed by atoms with Gasteiger partial charge in [-0.1, -0.05) is 35.0 Å². The largest absolute Gasteiger partial charge is 0.338 e. The number of halogens is 1. The van der Waals surface area contributed by atoms with E-state index in [2.05, 4.69) is 69.9 Å². The fraction of sp³-hybridized carbons (Fsp3) is 0.471. The third-order valence-electron chi connectivity index (χ3n) is 3.80. The molecule has 1 aromatic carbocycles. The Morgan fingerprint density at radius 1 is 1.38 bits per heavy atom.